The van der Waals surface area contributed by atoms with E-state index in [-0.39, 0.29) is 23.5 Å². The molecule has 2 aliphatic carbocycles. The number of hydrogen-bond acceptors (Lipinski definition) is 5. The first-order valence-electron chi connectivity index (χ1n) is 11.1. The topological polar surface area (TPSA) is 51.2 Å². The number of rotatable bonds is 2. The zero-order chi connectivity index (χ0) is 19.5. The number of fused-ring (bicyclic) bond motifs is 1. The zero-order valence-corrected chi connectivity index (χ0v) is 17.1. The van der Waals surface area contributed by atoms with Crippen molar-refractivity contribution in [2.24, 2.45) is 17.3 Å². The Morgan fingerprint density at radius 1 is 1.21 bits per heavy atom. The van der Waals surface area contributed by atoms with Gasteiger partial charge < -0.3 is 19.1 Å². The van der Waals surface area contributed by atoms with Crippen molar-refractivity contribution < 1.29 is 19.0 Å². The lowest BCUT2D eigenvalue weighted by atomic mass is 9.52. The molecule has 0 aromatic rings. The molecule has 29 heavy (non-hydrogen) atoms. The number of carbonyl (C=O) groups is 1. The predicted molar refractivity (Wildman–Crippen MR) is 104 cm³/mol. The molecule has 0 radical (unpaired) electrons. The summed E-state index contributed by atoms with van der Waals surface area (Å²) in [4.78, 5) is 18.4. The molecule has 0 N–H and O–H groups in total. The maximum absolute atomic E-state index is 13.5. The second-order valence-electron chi connectivity index (χ2n) is 9.79. The van der Waals surface area contributed by atoms with Crippen molar-refractivity contribution in [3.8, 4) is 0 Å². The van der Waals surface area contributed by atoms with Gasteiger partial charge in [-0.25, -0.2) is 0 Å². The van der Waals surface area contributed by atoms with Crippen molar-refractivity contribution in [2.45, 2.75) is 50.3 Å². The fourth-order valence-corrected chi connectivity index (χ4v) is 8.28. The smallest absolute Gasteiger partial charge is 0.229 e. The van der Waals surface area contributed by atoms with Gasteiger partial charge in [0.05, 0.1) is 39.4 Å². The Labute approximate surface area is 171 Å². The molecule has 6 nitrogen and oxygen atoms in total. The van der Waals surface area contributed by atoms with Crippen molar-refractivity contribution in [1.82, 2.24) is 9.80 Å². The molecule has 7 aliphatic rings. The van der Waals surface area contributed by atoms with Crippen molar-refractivity contribution in [2.75, 3.05) is 33.9 Å². The van der Waals surface area contributed by atoms with Gasteiger partial charge in [0, 0.05) is 42.5 Å². The SMILES string of the molecule is COC1=C(OC)CC2=C(C1)N1C(=O)C[C@@H]3OCC=C4CN5CC[C@]26[C@@H]5C[C@@H]4[C@@H]3[C@H]16. The molecule has 7 rings (SSSR count). The number of amides is 1. The van der Waals surface area contributed by atoms with Gasteiger partial charge in [-0.3, -0.25) is 9.69 Å². The maximum Gasteiger partial charge on any atom is 0.229 e. The van der Waals surface area contributed by atoms with Crippen LogP contribution in [0.15, 0.2) is 34.4 Å². The summed E-state index contributed by atoms with van der Waals surface area (Å²) in [6.45, 7) is 2.88. The summed E-state index contributed by atoms with van der Waals surface area (Å²) < 4.78 is 17.8. The highest BCUT2D eigenvalue weighted by molar-refractivity contribution is 5.82. The lowest BCUT2D eigenvalue weighted by Gasteiger charge is -2.59. The molecule has 4 fully saturated rings. The highest BCUT2D eigenvalue weighted by atomic mass is 16.5. The highest BCUT2D eigenvalue weighted by Gasteiger charge is 2.71. The highest BCUT2D eigenvalue weighted by Crippen LogP contribution is 2.68. The lowest BCUT2D eigenvalue weighted by molar-refractivity contribution is -0.159. The minimum Gasteiger partial charge on any atom is -0.497 e. The van der Waals surface area contributed by atoms with E-state index < -0.39 is 0 Å². The summed E-state index contributed by atoms with van der Waals surface area (Å²) in [6, 6.07) is 0.774. The Hall–Kier alpha value is -1.79. The van der Waals surface area contributed by atoms with E-state index in [9.17, 15) is 4.79 Å². The normalized spacial score (nSPS) is 44.6. The molecule has 0 aromatic heterocycles. The number of methoxy groups -OCH3 is 2. The fourth-order valence-electron chi connectivity index (χ4n) is 8.28. The number of carbonyl (C=O) groups excluding carboxylic acids is 1. The molecule has 0 unspecified atom stereocenters. The average molecular weight is 396 g/mol. The Bertz CT molecular complexity index is 920. The standard InChI is InChI=1S/C23H28N2O4/c1-27-16-8-14-15(9-17(16)28-2)25-20(26)10-18-21-13-7-19-23(14,22(21)25)4-5-24(19)11-12(13)3-6-29-18/h3,13,18-19,21-22H,4-11H2,1-2H3/t13-,18-,19-,21-,22-,23+/m0/s1. The van der Waals surface area contributed by atoms with E-state index in [0.717, 1.165) is 37.4 Å². The monoisotopic (exact) mass is 396 g/mol. The number of piperidine rings is 2. The predicted octanol–water partition coefficient (Wildman–Crippen LogP) is 2.19. The van der Waals surface area contributed by atoms with Crippen molar-refractivity contribution in [1.29, 1.82) is 0 Å². The molecule has 1 saturated carbocycles. The second-order valence-corrected chi connectivity index (χ2v) is 9.79. The van der Waals surface area contributed by atoms with Crippen LogP contribution >= 0.6 is 0 Å². The molecule has 3 saturated heterocycles. The molecule has 5 aliphatic heterocycles. The van der Waals surface area contributed by atoms with Crippen molar-refractivity contribution in [3.63, 3.8) is 0 Å². The molecule has 6 heteroatoms. The molecular weight excluding hydrogens is 368 g/mol. The summed E-state index contributed by atoms with van der Waals surface area (Å²) in [5.74, 6) is 3.05. The van der Waals surface area contributed by atoms with E-state index in [1.54, 1.807) is 19.8 Å². The van der Waals surface area contributed by atoms with Crippen LogP contribution in [-0.4, -0.2) is 67.8 Å². The van der Waals surface area contributed by atoms with Crippen LogP contribution in [-0.2, 0) is 19.0 Å². The Kier molecular flexibility index (Phi) is 3.19. The summed E-state index contributed by atoms with van der Waals surface area (Å²) >= 11 is 0. The van der Waals surface area contributed by atoms with Gasteiger partial charge in [0.15, 0.2) is 0 Å². The first-order chi connectivity index (χ1) is 14.2. The molecule has 5 heterocycles. The van der Waals surface area contributed by atoms with Gasteiger partial charge in [-0.1, -0.05) is 11.6 Å². The van der Waals surface area contributed by atoms with E-state index in [1.807, 2.05) is 0 Å². The van der Waals surface area contributed by atoms with Crippen LogP contribution in [0.1, 0.15) is 32.1 Å². The van der Waals surface area contributed by atoms with Crippen molar-refractivity contribution in [3.05, 3.63) is 34.4 Å². The van der Waals surface area contributed by atoms with Crippen LogP contribution in [0.4, 0.5) is 0 Å². The van der Waals surface area contributed by atoms with E-state index in [0.29, 0.717) is 37.3 Å². The number of ether oxygens (including phenoxy) is 3. The lowest BCUT2D eigenvalue weighted by Crippen LogP contribution is -2.67. The maximum atomic E-state index is 13.5. The molecule has 1 spiro atoms. The molecule has 1 amide bonds. The van der Waals surface area contributed by atoms with Gasteiger partial charge in [-0.15, -0.1) is 0 Å². The van der Waals surface area contributed by atoms with E-state index in [4.69, 9.17) is 14.2 Å². The quantitative estimate of drug-likeness (QED) is 0.670. The van der Waals surface area contributed by atoms with E-state index in [1.165, 1.54) is 17.7 Å². The third-order valence-electron chi connectivity index (χ3n) is 9.22. The van der Waals surface area contributed by atoms with Crippen LogP contribution in [0.2, 0.25) is 0 Å². The minimum atomic E-state index is 0.0607. The number of nitrogens with zero attached hydrogens (tertiary/aromatic N) is 2. The average Bonchev–Trinajstić information content (AvgIpc) is 3.20. The van der Waals surface area contributed by atoms with Crippen LogP contribution < -0.4 is 0 Å². The fraction of sp³-hybridized carbons (Fsp3) is 0.696. The third kappa shape index (κ3) is 1.81. The zero-order valence-electron chi connectivity index (χ0n) is 17.1. The van der Waals surface area contributed by atoms with Gasteiger partial charge in [-0.2, -0.15) is 0 Å². The summed E-state index contributed by atoms with van der Waals surface area (Å²) in [5.41, 5.74) is 4.32. The number of allylic oxidation sites excluding steroid dienone is 1. The van der Waals surface area contributed by atoms with Gasteiger partial charge in [-0.05, 0) is 30.9 Å². The Balaban J connectivity index is 1.44. The second kappa shape index (κ2) is 5.46. The Morgan fingerprint density at radius 3 is 2.86 bits per heavy atom. The summed E-state index contributed by atoms with van der Waals surface area (Å²) in [7, 11) is 3.46. The van der Waals surface area contributed by atoms with E-state index >= 15 is 0 Å². The third-order valence-corrected chi connectivity index (χ3v) is 9.22. The van der Waals surface area contributed by atoms with Gasteiger partial charge >= 0.3 is 0 Å². The minimum absolute atomic E-state index is 0.0607. The molecule has 2 bridgehead atoms. The molecule has 154 valence electrons. The Morgan fingerprint density at radius 2 is 2.03 bits per heavy atom. The van der Waals surface area contributed by atoms with Gasteiger partial charge in [0.1, 0.15) is 11.5 Å². The van der Waals surface area contributed by atoms with Crippen LogP contribution in [0.3, 0.4) is 0 Å². The first-order valence-corrected chi connectivity index (χ1v) is 11.1. The first kappa shape index (κ1) is 16.9. The van der Waals surface area contributed by atoms with Crippen molar-refractivity contribution >= 4 is 5.91 Å². The van der Waals surface area contributed by atoms with Crippen LogP contribution in [0.5, 0.6) is 0 Å². The van der Waals surface area contributed by atoms with Crippen LogP contribution in [0.25, 0.3) is 0 Å². The summed E-state index contributed by atoms with van der Waals surface area (Å²) in [5, 5.41) is 0. The number of hydrogen-bond donors (Lipinski definition) is 0. The molecule has 6 atom stereocenters. The van der Waals surface area contributed by atoms with Crippen LogP contribution in [0, 0.1) is 17.3 Å². The molecular formula is C23H28N2O4. The van der Waals surface area contributed by atoms with E-state index in [2.05, 4.69) is 15.9 Å². The van der Waals surface area contributed by atoms with Gasteiger partial charge in [0.25, 0.3) is 0 Å². The van der Waals surface area contributed by atoms with Gasteiger partial charge in [0.2, 0.25) is 5.91 Å². The summed E-state index contributed by atoms with van der Waals surface area (Å²) in [6.07, 6.45) is 6.73. The largest absolute Gasteiger partial charge is 0.497 e. The molecule has 0 aromatic carbocycles.